The molecule has 0 unspecified atom stereocenters. The van der Waals surface area contributed by atoms with E-state index in [2.05, 4.69) is 5.32 Å². The number of nitrogens with two attached hydrogens (primary N) is 1. The lowest BCUT2D eigenvalue weighted by molar-refractivity contribution is 0.102. The molecule has 0 heterocycles. The fraction of sp³-hybridized carbons (Fsp3) is 0.188. The maximum atomic E-state index is 12.3. The van der Waals surface area contributed by atoms with Crippen LogP contribution in [0.15, 0.2) is 36.4 Å². The molecule has 0 bridgehead atoms. The van der Waals surface area contributed by atoms with E-state index in [0.29, 0.717) is 16.9 Å². The standard InChI is InChI=1S/C16H18N2O/c1-10-4-6-12(3)13(8-10)16(19)18-15-7-5-11(2)9-14(15)17/h4-9H,17H2,1-3H3,(H,18,19). The highest BCUT2D eigenvalue weighted by Crippen LogP contribution is 2.21. The van der Waals surface area contributed by atoms with Crippen molar-refractivity contribution in [2.45, 2.75) is 20.8 Å². The number of carbonyl (C=O) groups is 1. The Morgan fingerprint density at radius 1 is 1.00 bits per heavy atom. The second-order valence-electron chi connectivity index (χ2n) is 4.86. The van der Waals surface area contributed by atoms with Gasteiger partial charge in [0.2, 0.25) is 0 Å². The molecule has 3 N–H and O–H groups in total. The van der Waals surface area contributed by atoms with Gasteiger partial charge in [-0.2, -0.15) is 0 Å². The highest BCUT2D eigenvalue weighted by Gasteiger charge is 2.10. The van der Waals surface area contributed by atoms with Crippen LogP contribution in [-0.2, 0) is 0 Å². The molecule has 0 saturated carbocycles. The molecule has 0 spiro atoms. The number of nitrogens with one attached hydrogen (secondary N) is 1. The molecule has 0 aromatic heterocycles. The van der Waals surface area contributed by atoms with Gasteiger partial charge in [-0.3, -0.25) is 4.79 Å². The molecule has 0 aliphatic rings. The lowest BCUT2D eigenvalue weighted by Gasteiger charge is -2.11. The normalized spacial score (nSPS) is 10.3. The van der Waals surface area contributed by atoms with E-state index in [-0.39, 0.29) is 5.91 Å². The SMILES string of the molecule is Cc1ccc(NC(=O)c2cc(C)ccc2C)c(N)c1. The van der Waals surface area contributed by atoms with E-state index in [1.54, 1.807) is 0 Å². The predicted molar refractivity (Wildman–Crippen MR) is 79.5 cm³/mol. The van der Waals surface area contributed by atoms with Crippen molar-refractivity contribution in [1.82, 2.24) is 0 Å². The molecule has 2 aromatic rings. The lowest BCUT2D eigenvalue weighted by Crippen LogP contribution is -2.14. The van der Waals surface area contributed by atoms with Gasteiger partial charge in [0.05, 0.1) is 11.4 Å². The second-order valence-corrected chi connectivity index (χ2v) is 4.86. The summed E-state index contributed by atoms with van der Waals surface area (Å²) in [5.41, 5.74) is 10.9. The third-order valence-electron chi connectivity index (χ3n) is 3.09. The third kappa shape index (κ3) is 2.94. The molecular weight excluding hydrogens is 236 g/mol. The quantitative estimate of drug-likeness (QED) is 0.806. The first kappa shape index (κ1) is 13.1. The minimum Gasteiger partial charge on any atom is -0.397 e. The number of rotatable bonds is 2. The summed E-state index contributed by atoms with van der Waals surface area (Å²) < 4.78 is 0. The van der Waals surface area contributed by atoms with Crippen molar-refractivity contribution in [2.24, 2.45) is 0 Å². The Balaban J connectivity index is 2.28. The van der Waals surface area contributed by atoms with Gasteiger partial charge in [-0.25, -0.2) is 0 Å². The Kier molecular flexibility index (Phi) is 3.56. The number of benzene rings is 2. The van der Waals surface area contributed by atoms with Gasteiger partial charge >= 0.3 is 0 Å². The van der Waals surface area contributed by atoms with Crippen molar-refractivity contribution in [3.05, 3.63) is 58.7 Å². The number of aryl methyl sites for hydroxylation is 3. The number of anilines is 2. The van der Waals surface area contributed by atoms with E-state index < -0.39 is 0 Å². The zero-order chi connectivity index (χ0) is 14.0. The smallest absolute Gasteiger partial charge is 0.255 e. The largest absolute Gasteiger partial charge is 0.397 e. The van der Waals surface area contributed by atoms with Crippen LogP contribution in [0.3, 0.4) is 0 Å². The second kappa shape index (κ2) is 5.14. The molecule has 3 heteroatoms. The van der Waals surface area contributed by atoms with Gasteiger partial charge in [0.15, 0.2) is 0 Å². The summed E-state index contributed by atoms with van der Waals surface area (Å²) in [6.07, 6.45) is 0. The summed E-state index contributed by atoms with van der Waals surface area (Å²) in [5.74, 6) is -0.128. The van der Waals surface area contributed by atoms with Crippen molar-refractivity contribution < 1.29 is 4.79 Å². The van der Waals surface area contributed by atoms with Crippen molar-refractivity contribution in [2.75, 3.05) is 11.1 Å². The van der Waals surface area contributed by atoms with Gasteiger partial charge < -0.3 is 11.1 Å². The Bertz CT molecular complexity index is 633. The Morgan fingerprint density at radius 3 is 2.32 bits per heavy atom. The van der Waals surface area contributed by atoms with Crippen LogP contribution in [0.4, 0.5) is 11.4 Å². The molecule has 0 aliphatic heterocycles. The minimum atomic E-state index is -0.128. The topological polar surface area (TPSA) is 55.1 Å². The zero-order valence-electron chi connectivity index (χ0n) is 11.4. The zero-order valence-corrected chi connectivity index (χ0v) is 11.4. The first-order valence-corrected chi connectivity index (χ1v) is 6.22. The van der Waals surface area contributed by atoms with Crippen molar-refractivity contribution in [3.63, 3.8) is 0 Å². The van der Waals surface area contributed by atoms with Crippen molar-refractivity contribution >= 4 is 17.3 Å². The van der Waals surface area contributed by atoms with Crippen LogP contribution < -0.4 is 11.1 Å². The average Bonchev–Trinajstić information content (AvgIpc) is 2.35. The first-order valence-electron chi connectivity index (χ1n) is 6.22. The van der Waals surface area contributed by atoms with Crippen LogP contribution in [0, 0.1) is 20.8 Å². The maximum Gasteiger partial charge on any atom is 0.255 e. The fourth-order valence-corrected chi connectivity index (χ4v) is 1.97. The Labute approximate surface area is 113 Å². The Morgan fingerprint density at radius 2 is 1.63 bits per heavy atom. The van der Waals surface area contributed by atoms with Gasteiger partial charge in [-0.05, 0) is 50.1 Å². The van der Waals surface area contributed by atoms with Crippen LogP contribution in [0.1, 0.15) is 27.0 Å². The minimum absolute atomic E-state index is 0.128. The fourth-order valence-electron chi connectivity index (χ4n) is 1.97. The maximum absolute atomic E-state index is 12.3. The average molecular weight is 254 g/mol. The third-order valence-corrected chi connectivity index (χ3v) is 3.09. The summed E-state index contributed by atoms with van der Waals surface area (Å²) in [4.78, 5) is 12.3. The van der Waals surface area contributed by atoms with Crippen LogP contribution in [-0.4, -0.2) is 5.91 Å². The van der Waals surface area contributed by atoms with E-state index in [1.165, 1.54) is 0 Å². The molecule has 3 nitrogen and oxygen atoms in total. The summed E-state index contributed by atoms with van der Waals surface area (Å²) in [7, 11) is 0. The van der Waals surface area contributed by atoms with Gasteiger partial charge in [0.25, 0.3) is 5.91 Å². The van der Waals surface area contributed by atoms with Gasteiger partial charge in [0.1, 0.15) is 0 Å². The molecule has 98 valence electrons. The summed E-state index contributed by atoms with van der Waals surface area (Å²) in [6, 6.07) is 11.4. The summed E-state index contributed by atoms with van der Waals surface area (Å²) >= 11 is 0. The monoisotopic (exact) mass is 254 g/mol. The number of nitrogen functional groups attached to an aromatic ring is 1. The molecule has 0 radical (unpaired) electrons. The van der Waals surface area contributed by atoms with Gasteiger partial charge in [0, 0.05) is 5.56 Å². The van der Waals surface area contributed by atoms with Gasteiger partial charge in [-0.15, -0.1) is 0 Å². The molecule has 19 heavy (non-hydrogen) atoms. The number of carbonyl (C=O) groups excluding carboxylic acids is 1. The van der Waals surface area contributed by atoms with Gasteiger partial charge in [-0.1, -0.05) is 23.8 Å². The molecular formula is C16H18N2O. The molecule has 2 aromatic carbocycles. The summed E-state index contributed by atoms with van der Waals surface area (Å²) in [6.45, 7) is 5.86. The molecule has 0 saturated heterocycles. The molecule has 1 amide bonds. The van der Waals surface area contributed by atoms with E-state index in [4.69, 9.17) is 5.73 Å². The van der Waals surface area contributed by atoms with Crippen LogP contribution >= 0.6 is 0 Å². The van der Waals surface area contributed by atoms with E-state index in [9.17, 15) is 4.79 Å². The summed E-state index contributed by atoms with van der Waals surface area (Å²) in [5, 5.41) is 2.86. The van der Waals surface area contributed by atoms with Crippen LogP contribution in [0.2, 0.25) is 0 Å². The molecule has 0 atom stereocenters. The number of hydrogen-bond acceptors (Lipinski definition) is 2. The van der Waals surface area contributed by atoms with Crippen LogP contribution in [0.25, 0.3) is 0 Å². The van der Waals surface area contributed by atoms with Crippen molar-refractivity contribution in [3.8, 4) is 0 Å². The lowest BCUT2D eigenvalue weighted by atomic mass is 10.0. The predicted octanol–water partition coefficient (Wildman–Crippen LogP) is 3.45. The molecule has 0 aliphatic carbocycles. The van der Waals surface area contributed by atoms with E-state index >= 15 is 0 Å². The van der Waals surface area contributed by atoms with Crippen LogP contribution in [0.5, 0.6) is 0 Å². The molecule has 2 rings (SSSR count). The molecule has 0 fully saturated rings. The number of hydrogen-bond donors (Lipinski definition) is 2. The van der Waals surface area contributed by atoms with E-state index in [1.807, 2.05) is 57.2 Å². The first-order chi connectivity index (χ1) is 8.97. The Hall–Kier alpha value is -2.29. The van der Waals surface area contributed by atoms with E-state index in [0.717, 1.165) is 16.7 Å². The highest BCUT2D eigenvalue weighted by atomic mass is 16.1. The van der Waals surface area contributed by atoms with Crippen molar-refractivity contribution in [1.29, 1.82) is 0 Å². The highest BCUT2D eigenvalue weighted by molar-refractivity contribution is 6.06. The number of amides is 1.